The molecular weight excluding hydrogens is 654 g/mol. The number of fused-ring (bicyclic) bond motifs is 1. The molecule has 3 N–H and O–H groups in total. The van der Waals surface area contributed by atoms with Crippen LogP contribution in [0.3, 0.4) is 0 Å². The van der Waals surface area contributed by atoms with Gasteiger partial charge in [-0.15, -0.1) is 0 Å². The zero-order valence-corrected chi connectivity index (χ0v) is 33.8. The average Bonchev–Trinajstić information content (AvgIpc) is 3.01. The van der Waals surface area contributed by atoms with E-state index in [1.165, 1.54) is 0 Å². The maximum absolute atomic E-state index is 14.1. The van der Waals surface area contributed by atoms with E-state index in [2.05, 4.69) is 99.0 Å². The molecule has 9 heteroatoms. The molecule has 52 heavy (non-hydrogen) atoms. The lowest BCUT2D eigenvalue weighted by Crippen LogP contribution is -2.56. The van der Waals surface area contributed by atoms with Gasteiger partial charge in [0.1, 0.15) is 23.2 Å². The highest BCUT2D eigenvalue weighted by Crippen LogP contribution is 2.37. The van der Waals surface area contributed by atoms with Crippen molar-refractivity contribution in [3.8, 4) is 11.5 Å². The monoisotopic (exact) mass is 719 g/mol. The third kappa shape index (κ3) is 9.94. The number of carbonyl (C=O) groups excluding carboxylic acids is 3. The molecule has 0 aliphatic carbocycles. The molecule has 6 atom stereocenters. The van der Waals surface area contributed by atoms with Crippen molar-refractivity contribution in [3.05, 3.63) is 35.9 Å². The van der Waals surface area contributed by atoms with Gasteiger partial charge in [-0.05, 0) is 120 Å². The van der Waals surface area contributed by atoms with Crippen LogP contribution >= 0.6 is 0 Å². The smallest absolute Gasteiger partial charge is 0.342 e. The second-order valence-corrected chi connectivity index (χ2v) is 19.1. The number of nitrogens with one attached hydrogen (secondary N) is 3. The Bertz CT molecular complexity index is 1630. The Balaban J connectivity index is 1.44. The zero-order valence-electron chi connectivity index (χ0n) is 33.8. The normalized spacial score (nSPS) is 28.5. The first-order valence-electron chi connectivity index (χ1n) is 19.7. The number of piperidine rings is 3. The third-order valence-corrected chi connectivity index (χ3v) is 11.5. The van der Waals surface area contributed by atoms with Gasteiger partial charge < -0.3 is 30.2 Å². The van der Waals surface area contributed by atoms with Crippen LogP contribution in [0.5, 0.6) is 11.5 Å². The molecule has 3 saturated heterocycles. The third-order valence-electron chi connectivity index (χ3n) is 11.5. The Morgan fingerprint density at radius 2 is 1.10 bits per heavy atom. The van der Waals surface area contributed by atoms with Crippen LogP contribution < -0.4 is 25.4 Å². The lowest BCUT2D eigenvalue weighted by Gasteiger charge is -2.43. The van der Waals surface area contributed by atoms with Crippen molar-refractivity contribution in [2.24, 2.45) is 29.6 Å². The van der Waals surface area contributed by atoms with E-state index in [1.807, 2.05) is 6.07 Å². The van der Waals surface area contributed by atoms with Crippen LogP contribution in [0.25, 0.3) is 10.8 Å². The lowest BCUT2D eigenvalue weighted by molar-refractivity contribution is -0.142. The highest BCUT2D eigenvalue weighted by atomic mass is 16.6. The van der Waals surface area contributed by atoms with Crippen LogP contribution in [0, 0.1) is 29.6 Å². The van der Waals surface area contributed by atoms with Crippen molar-refractivity contribution < 1.29 is 28.6 Å². The predicted molar refractivity (Wildman–Crippen MR) is 207 cm³/mol. The second-order valence-electron chi connectivity index (χ2n) is 19.1. The molecule has 0 bridgehead atoms. The molecule has 0 radical (unpaired) electrons. The summed E-state index contributed by atoms with van der Waals surface area (Å²) in [6.07, 6.45) is 3.77. The fraction of sp³-hybridized carbons (Fsp3) is 0.698. The van der Waals surface area contributed by atoms with E-state index in [9.17, 15) is 14.4 Å². The molecule has 0 aromatic heterocycles. The first-order valence-corrected chi connectivity index (χ1v) is 19.7. The molecule has 5 rings (SSSR count). The molecule has 0 spiro atoms. The highest BCUT2D eigenvalue weighted by molar-refractivity contribution is 6.00. The van der Waals surface area contributed by atoms with Crippen molar-refractivity contribution in [2.75, 3.05) is 0 Å². The first-order chi connectivity index (χ1) is 24.1. The lowest BCUT2D eigenvalue weighted by atomic mass is 9.78. The van der Waals surface area contributed by atoms with Gasteiger partial charge in [-0.3, -0.25) is 9.59 Å². The Labute approximate surface area is 312 Å². The molecule has 9 nitrogen and oxygen atoms in total. The molecule has 288 valence electrons. The molecule has 3 aliphatic rings. The summed E-state index contributed by atoms with van der Waals surface area (Å²) in [5.41, 5.74) is -0.399. The van der Waals surface area contributed by atoms with Crippen LogP contribution in [0.15, 0.2) is 30.3 Å². The summed E-state index contributed by atoms with van der Waals surface area (Å²) in [6.45, 7) is 25.8. The molecule has 0 saturated carbocycles. The first kappa shape index (κ1) is 40.2. The maximum Gasteiger partial charge on any atom is 0.342 e. The molecule has 6 unspecified atom stereocenters. The van der Waals surface area contributed by atoms with Gasteiger partial charge in [-0.25, -0.2) is 4.79 Å². The number of esters is 3. The minimum Gasteiger partial charge on any atom is -0.459 e. The minimum absolute atomic E-state index is 0.164. The van der Waals surface area contributed by atoms with Crippen molar-refractivity contribution in [1.82, 2.24) is 16.0 Å². The quantitative estimate of drug-likeness (QED) is 0.175. The van der Waals surface area contributed by atoms with Crippen molar-refractivity contribution >= 4 is 28.7 Å². The minimum atomic E-state index is -0.510. The summed E-state index contributed by atoms with van der Waals surface area (Å²) in [5.74, 6) is 0.0181. The summed E-state index contributed by atoms with van der Waals surface area (Å²) < 4.78 is 18.4. The van der Waals surface area contributed by atoms with E-state index in [1.54, 1.807) is 24.3 Å². The molecule has 3 aliphatic heterocycles. The fourth-order valence-electron chi connectivity index (χ4n) is 8.74. The Morgan fingerprint density at radius 3 is 1.62 bits per heavy atom. The number of ether oxygens (including phenoxy) is 3. The van der Waals surface area contributed by atoms with E-state index >= 15 is 0 Å². The van der Waals surface area contributed by atoms with E-state index in [4.69, 9.17) is 14.2 Å². The fourth-order valence-corrected chi connectivity index (χ4v) is 8.74. The van der Waals surface area contributed by atoms with Gasteiger partial charge >= 0.3 is 17.9 Å². The Hall–Kier alpha value is -3.01. The molecule has 3 heterocycles. The topological polar surface area (TPSA) is 115 Å². The van der Waals surface area contributed by atoms with Crippen LogP contribution in [0.1, 0.15) is 132 Å². The molecule has 2 aromatic rings. The van der Waals surface area contributed by atoms with Gasteiger partial charge in [0.05, 0.1) is 11.8 Å². The summed E-state index contributed by atoms with van der Waals surface area (Å²) in [5, 5.41) is 12.5. The predicted octanol–water partition coefficient (Wildman–Crippen LogP) is 7.97. The number of rotatable bonds is 9. The maximum atomic E-state index is 14.1. The van der Waals surface area contributed by atoms with Crippen LogP contribution in [-0.2, 0) is 14.3 Å². The molecule has 2 aromatic carbocycles. The molecule has 3 fully saturated rings. The summed E-state index contributed by atoms with van der Waals surface area (Å²) in [6, 6.07) is 9.45. The average molecular weight is 720 g/mol. The van der Waals surface area contributed by atoms with Crippen LogP contribution in [-0.4, -0.2) is 58.8 Å². The van der Waals surface area contributed by atoms with E-state index in [0.717, 1.165) is 11.8 Å². The van der Waals surface area contributed by atoms with Gasteiger partial charge in [0.2, 0.25) is 0 Å². The molecular formula is C43H65N3O6. The number of carbonyl (C=O) groups is 3. The van der Waals surface area contributed by atoms with Crippen LogP contribution in [0.2, 0.25) is 0 Å². The van der Waals surface area contributed by atoms with Gasteiger partial charge in [-0.1, -0.05) is 47.6 Å². The molecule has 0 amide bonds. The number of hydrogen-bond acceptors (Lipinski definition) is 9. The standard InChI is InChI=1S/C43H65N3O6/c1-24(2)34-17-29(21-41(7,8)44-34)38(47)50-31-14-13-27-16-33(40(49)51-32-20-36(26(5)6)46-43(11,12)23-32)37(19-28(27)15-31)52-39(48)30-18-35(25(3)4)45-42(9,10)22-30/h13-16,19,24-26,29-30,32,34-36,44-46H,17-18,20-23H2,1-12H3. The van der Waals surface area contributed by atoms with Gasteiger partial charge in [-0.2, -0.15) is 0 Å². The van der Waals surface area contributed by atoms with Crippen LogP contribution in [0.4, 0.5) is 0 Å². The van der Waals surface area contributed by atoms with Crippen molar-refractivity contribution in [1.29, 1.82) is 0 Å². The van der Waals surface area contributed by atoms with Gasteiger partial charge in [0.25, 0.3) is 0 Å². The number of benzene rings is 2. The van der Waals surface area contributed by atoms with Gasteiger partial charge in [0, 0.05) is 47.6 Å². The Kier molecular flexibility index (Phi) is 11.9. The zero-order chi connectivity index (χ0) is 38.3. The second kappa shape index (κ2) is 15.4. The van der Waals surface area contributed by atoms with Crippen molar-refractivity contribution in [3.63, 3.8) is 0 Å². The number of hydrogen-bond donors (Lipinski definition) is 3. The van der Waals surface area contributed by atoms with Crippen molar-refractivity contribution in [2.45, 2.75) is 162 Å². The van der Waals surface area contributed by atoms with E-state index < -0.39 is 5.97 Å². The summed E-state index contributed by atoms with van der Waals surface area (Å²) in [7, 11) is 0. The SMILES string of the molecule is CC(C)C1CC(OC(=O)c2cc3ccc(OC(=O)C4CC(C(C)C)NC(C)(C)C4)cc3cc2OC(=O)C2CC(C(C)C)NC(C)(C)C2)CC(C)(C)N1. The van der Waals surface area contributed by atoms with Gasteiger partial charge in [0.15, 0.2) is 0 Å². The highest BCUT2D eigenvalue weighted by Gasteiger charge is 2.41. The van der Waals surface area contributed by atoms with E-state index in [0.29, 0.717) is 61.0 Å². The summed E-state index contributed by atoms with van der Waals surface area (Å²) >= 11 is 0. The Morgan fingerprint density at radius 1 is 0.615 bits per heavy atom. The largest absolute Gasteiger partial charge is 0.459 e. The summed E-state index contributed by atoms with van der Waals surface area (Å²) in [4.78, 5) is 41.5. The van der Waals surface area contributed by atoms with E-state index in [-0.39, 0.29) is 75.9 Å².